The molecule has 158 valence electrons. The molecule has 2 amide bonds. The van der Waals surface area contributed by atoms with Gasteiger partial charge in [-0.2, -0.15) is 0 Å². The van der Waals surface area contributed by atoms with Crippen LogP contribution in [0.5, 0.6) is 0 Å². The first-order chi connectivity index (χ1) is 15.2. The first-order valence-corrected chi connectivity index (χ1v) is 10.5. The van der Waals surface area contributed by atoms with Crippen LogP contribution in [0.25, 0.3) is 0 Å². The molecular weight excluding hydrogens is 388 g/mol. The predicted molar refractivity (Wildman–Crippen MR) is 119 cm³/mol. The lowest BCUT2D eigenvalue weighted by molar-refractivity contribution is -0.128. The number of aromatic nitrogens is 1. The number of nitrogens with one attached hydrogen (secondary N) is 1. The van der Waals surface area contributed by atoms with Gasteiger partial charge < -0.3 is 10.2 Å². The van der Waals surface area contributed by atoms with Crippen LogP contribution in [0.1, 0.15) is 21.5 Å². The van der Waals surface area contributed by atoms with Gasteiger partial charge in [0.1, 0.15) is 6.04 Å². The molecule has 0 radical (unpaired) electrons. The van der Waals surface area contributed by atoms with Gasteiger partial charge in [0, 0.05) is 45.1 Å². The van der Waals surface area contributed by atoms with Crippen LogP contribution in [-0.2, 0) is 17.9 Å². The van der Waals surface area contributed by atoms with Gasteiger partial charge in [-0.15, -0.1) is 0 Å². The zero-order valence-corrected chi connectivity index (χ0v) is 17.4. The molecule has 6 nitrogen and oxygen atoms in total. The van der Waals surface area contributed by atoms with Crippen molar-refractivity contribution in [2.45, 2.75) is 19.1 Å². The maximum absolute atomic E-state index is 13.2. The van der Waals surface area contributed by atoms with E-state index in [-0.39, 0.29) is 11.8 Å². The minimum atomic E-state index is -0.561. The third-order valence-electron chi connectivity index (χ3n) is 5.50. The number of pyridine rings is 1. The van der Waals surface area contributed by atoms with Crippen molar-refractivity contribution in [3.8, 4) is 0 Å². The van der Waals surface area contributed by atoms with E-state index in [0.717, 1.165) is 12.1 Å². The van der Waals surface area contributed by atoms with Gasteiger partial charge in [-0.3, -0.25) is 19.5 Å². The second-order valence-electron chi connectivity index (χ2n) is 7.68. The molecule has 1 N–H and O–H groups in total. The number of piperazine rings is 1. The summed E-state index contributed by atoms with van der Waals surface area (Å²) in [5.41, 5.74) is 2.72. The minimum Gasteiger partial charge on any atom is -0.350 e. The Morgan fingerprint density at radius 2 is 1.61 bits per heavy atom. The summed E-state index contributed by atoms with van der Waals surface area (Å²) in [5.74, 6) is -0.300. The van der Waals surface area contributed by atoms with E-state index >= 15 is 0 Å². The number of amides is 2. The minimum absolute atomic E-state index is 0.140. The van der Waals surface area contributed by atoms with Crippen LogP contribution >= 0.6 is 0 Å². The van der Waals surface area contributed by atoms with Crippen LogP contribution in [-0.4, -0.2) is 52.3 Å². The molecule has 1 aromatic heterocycles. The third kappa shape index (κ3) is 5.35. The summed E-state index contributed by atoms with van der Waals surface area (Å²) in [7, 11) is 0. The summed E-state index contributed by atoms with van der Waals surface area (Å²) in [4.78, 5) is 34.3. The van der Waals surface area contributed by atoms with Crippen molar-refractivity contribution >= 4 is 11.8 Å². The highest BCUT2D eigenvalue weighted by Gasteiger charge is 2.35. The Hall–Kier alpha value is -3.51. The van der Waals surface area contributed by atoms with E-state index in [1.807, 2.05) is 48.5 Å². The summed E-state index contributed by atoms with van der Waals surface area (Å²) < 4.78 is 0. The average Bonchev–Trinajstić information content (AvgIpc) is 2.84. The number of carbonyl (C=O) groups excluding carboxylic acids is 2. The molecule has 4 rings (SSSR count). The lowest BCUT2D eigenvalue weighted by atomic mass is 10.1. The molecule has 2 heterocycles. The number of benzene rings is 2. The van der Waals surface area contributed by atoms with E-state index in [1.54, 1.807) is 29.4 Å². The first-order valence-electron chi connectivity index (χ1n) is 10.5. The van der Waals surface area contributed by atoms with Gasteiger partial charge >= 0.3 is 0 Å². The third-order valence-corrected chi connectivity index (χ3v) is 5.50. The fourth-order valence-corrected chi connectivity index (χ4v) is 3.85. The van der Waals surface area contributed by atoms with Crippen LogP contribution in [0.3, 0.4) is 0 Å². The number of rotatable bonds is 6. The van der Waals surface area contributed by atoms with Gasteiger partial charge in [-0.1, -0.05) is 60.7 Å². The molecule has 1 unspecified atom stereocenters. The van der Waals surface area contributed by atoms with Crippen molar-refractivity contribution < 1.29 is 9.59 Å². The lowest BCUT2D eigenvalue weighted by Crippen LogP contribution is -2.60. The molecule has 0 spiro atoms. The predicted octanol–water partition coefficient (Wildman–Crippen LogP) is 2.72. The fourth-order valence-electron chi connectivity index (χ4n) is 3.85. The molecule has 1 atom stereocenters. The summed E-state index contributed by atoms with van der Waals surface area (Å²) in [6.07, 6.45) is 3.19. The second kappa shape index (κ2) is 10.00. The highest BCUT2D eigenvalue weighted by atomic mass is 16.2. The van der Waals surface area contributed by atoms with E-state index in [4.69, 9.17) is 0 Å². The van der Waals surface area contributed by atoms with Crippen LogP contribution in [0.15, 0.2) is 85.2 Å². The maximum Gasteiger partial charge on any atom is 0.256 e. The number of hydrogen-bond donors (Lipinski definition) is 1. The molecule has 1 saturated heterocycles. The summed E-state index contributed by atoms with van der Waals surface area (Å²) in [6.45, 7) is 2.87. The summed E-state index contributed by atoms with van der Waals surface area (Å²) in [6, 6.07) is 22.9. The molecule has 0 aliphatic carbocycles. The first kappa shape index (κ1) is 20.8. The standard InChI is InChI=1S/C25H26N4O2/c30-24(27-16-20-8-3-1-4-9-20)23-19-28(18-21-10-5-2-6-11-21)14-15-29(23)25(31)22-12-7-13-26-17-22/h1-13,17,23H,14-16,18-19H2,(H,27,30). The van der Waals surface area contributed by atoms with Crippen molar-refractivity contribution in [1.82, 2.24) is 20.1 Å². The largest absolute Gasteiger partial charge is 0.350 e. The van der Waals surface area contributed by atoms with Crippen molar-refractivity contribution in [2.24, 2.45) is 0 Å². The van der Waals surface area contributed by atoms with Crippen molar-refractivity contribution in [3.05, 3.63) is 102 Å². The Morgan fingerprint density at radius 3 is 2.29 bits per heavy atom. The summed E-state index contributed by atoms with van der Waals surface area (Å²) >= 11 is 0. The van der Waals surface area contributed by atoms with Crippen molar-refractivity contribution in [2.75, 3.05) is 19.6 Å². The van der Waals surface area contributed by atoms with Gasteiger partial charge in [-0.05, 0) is 23.3 Å². The van der Waals surface area contributed by atoms with Crippen LogP contribution in [0, 0.1) is 0 Å². The molecule has 1 aliphatic heterocycles. The van der Waals surface area contributed by atoms with Gasteiger partial charge in [0.25, 0.3) is 5.91 Å². The molecular formula is C25H26N4O2. The van der Waals surface area contributed by atoms with E-state index in [1.165, 1.54) is 5.56 Å². The number of carbonyl (C=O) groups is 2. The zero-order valence-electron chi connectivity index (χ0n) is 17.4. The van der Waals surface area contributed by atoms with Gasteiger partial charge in [0.15, 0.2) is 0 Å². The molecule has 0 saturated carbocycles. The normalized spacial score (nSPS) is 16.6. The maximum atomic E-state index is 13.2. The number of nitrogens with zero attached hydrogens (tertiary/aromatic N) is 3. The Bertz CT molecular complexity index is 996. The Labute approximate surface area is 182 Å². The molecule has 2 aromatic carbocycles. The molecule has 0 bridgehead atoms. The monoisotopic (exact) mass is 414 g/mol. The highest BCUT2D eigenvalue weighted by Crippen LogP contribution is 2.17. The van der Waals surface area contributed by atoms with Crippen molar-refractivity contribution in [1.29, 1.82) is 0 Å². The highest BCUT2D eigenvalue weighted by molar-refractivity contribution is 5.97. The SMILES string of the molecule is O=C(NCc1ccccc1)C1CN(Cc2ccccc2)CCN1C(=O)c1cccnc1. The molecule has 31 heavy (non-hydrogen) atoms. The van der Waals surface area contributed by atoms with Crippen molar-refractivity contribution in [3.63, 3.8) is 0 Å². The van der Waals surface area contributed by atoms with Crippen LogP contribution in [0.4, 0.5) is 0 Å². The van der Waals surface area contributed by atoms with E-state index in [0.29, 0.717) is 31.7 Å². The Kier molecular flexibility index (Phi) is 6.69. The smallest absolute Gasteiger partial charge is 0.256 e. The Morgan fingerprint density at radius 1 is 0.903 bits per heavy atom. The lowest BCUT2D eigenvalue weighted by Gasteiger charge is -2.40. The van der Waals surface area contributed by atoms with Crippen LogP contribution < -0.4 is 5.32 Å². The van der Waals surface area contributed by atoms with Gasteiger partial charge in [-0.25, -0.2) is 0 Å². The van der Waals surface area contributed by atoms with E-state index in [2.05, 4.69) is 27.3 Å². The van der Waals surface area contributed by atoms with E-state index < -0.39 is 6.04 Å². The Balaban J connectivity index is 1.49. The van der Waals surface area contributed by atoms with Crippen LogP contribution in [0.2, 0.25) is 0 Å². The average molecular weight is 415 g/mol. The second-order valence-corrected chi connectivity index (χ2v) is 7.68. The molecule has 1 aliphatic rings. The summed E-state index contributed by atoms with van der Waals surface area (Å²) in [5, 5.41) is 3.01. The van der Waals surface area contributed by atoms with Gasteiger partial charge in [0.05, 0.1) is 5.56 Å². The molecule has 1 fully saturated rings. The molecule has 3 aromatic rings. The van der Waals surface area contributed by atoms with Gasteiger partial charge in [0.2, 0.25) is 5.91 Å². The molecule has 6 heteroatoms. The van der Waals surface area contributed by atoms with E-state index in [9.17, 15) is 9.59 Å². The number of hydrogen-bond acceptors (Lipinski definition) is 4. The quantitative estimate of drug-likeness (QED) is 0.674. The zero-order chi connectivity index (χ0) is 21.5. The topological polar surface area (TPSA) is 65.5 Å². The fraction of sp³-hybridized carbons (Fsp3) is 0.240.